The first-order valence-electron chi connectivity index (χ1n) is 7.46. The predicted molar refractivity (Wildman–Crippen MR) is 88.1 cm³/mol. The molecule has 3 heteroatoms. The SMILES string of the molecule is CC(C)=CCCC(C)=CCn1c(CO)nc2ccccc21. The largest absolute Gasteiger partial charge is 0.388 e. The number of allylic oxidation sites excluding steroid dienone is 4. The van der Waals surface area contributed by atoms with Crippen molar-refractivity contribution in [3.63, 3.8) is 0 Å². The fraction of sp³-hybridized carbons (Fsp3) is 0.389. The summed E-state index contributed by atoms with van der Waals surface area (Å²) in [5, 5.41) is 9.48. The molecule has 112 valence electrons. The Labute approximate surface area is 126 Å². The number of hydrogen-bond acceptors (Lipinski definition) is 2. The van der Waals surface area contributed by atoms with Crippen molar-refractivity contribution < 1.29 is 5.11 Å². The van der Waals surface area contributed by atoms with E-state index in [-0.39, 0.29) is 6.61 Å². The molecule has 0 aliphatic carbocycles. The van der Waals surface area contributed by atoms with Gasteiger partial charge in [0.15, 0.2) is 0 Å². The minimum atomic E-state index is -0.0284. The molecule has 0 spiro atoms. The third-order valence-corrected chi connectivity index (χ3v) is 3.59. The van der Waals surface area contributed by atoms with Gasteiger partial charge >= 0.3 is 0 Å². The average molecular weight is 284 g/mol. The van der Waals surface area contributed by atoms with Crippen molar-refractivity contribution in [1.29, 1.82) is 0 Å². The van der Waals surface area contributed by atoms with Gasteiger partial charge in [0, 0.05) is 6.54 Å². The monoisotopic (exact) mass is 284 g/mol. The molecule has 1 N–H and O–H groups in total. The summed E-state index contributed by atoms with van der Waals surface area (Å²) in [6, 6.07) is 8.01. The Morgan fingerprint density at radius 3 is 2.67 bits per heavy atom. The lowest BCUT2D eigenvalue weighted by Gasteiger charge is -2.06. The average Bonchev–Trinajstić information content (AvgIpc) is 2.82. The maximum absolute atomic E-state index is 9.48. The minimum absolute atomic E-state index is 0.0284. The fourth-order valence-corrected chi connectivity index (χ4v) is 2.39. The highest BCUT2D eigenvalue weighted by Gasteiger charge is 2.07. The molecule has 0 saturated carbocycles. The number of imidazole rings is 1. The highest BCUT2D eigenvalue weighted by molar-refractivity contribution is 5.75. The Hall–Kier alpha value is -1.87. The summed E-state index contributed by atoms with van der Waals surface area (Å²) in [5.41, 5.74) is 4.76. The Morgan fingerprint density at radius 2 is 1.95 bits per heavy atom. The van der Waals surface area contributed by atoms with Crippen LogP contribution in [0, 0.1) is 0 Å². The zero-order valence-electron chi connectivity index (χ0n) is 13.1. The van der Waals surface area contributed by atoms with E-state index < -0.39 is 0 Å². The molecule has 2 aromatic rings. The summed E-state index contributed by atoms with van der Waals surface area (Å²) in [5.74, 6) is 0.726. The molecule has 0 fully saturated rings. The molecule has 1 heterocycles. The van der Waals surface area contributed by atoms with Gasteiger partial charge < -0.3 is 9.67 Å². The lowest BCUT2D eigenvalue weighted by Crippen LogP contribution is -2.02. The number of fused-ring (bicyclic) bond motifs is 1. The molecule has 0 radical (unpaired) electrons. The van der Waals surface area contributed by atoms with Crippen molar-refractivity contribution in [2.45, 2.75) is 46.8 Å². The number of aromatic nitrogens is 2. The van der Waals surface area contributed by atoms with Crippen molar-refractivity contribution in [2.75, 3.05) is 0 Å². The van der Waals surface area contributed by atoms with E-state index in [1.54, 1.807) is 0 Å². The van der Waals surface area contributed by atoms with E-state index in [1.807, 2.05) is 24.3 Å². The molecule has 0 aliphatic rings. The molecule has 0 atom stereocenters. The zero-order valence-corrected chi connectivity index (χ0v) is 13.1. The van der Waals surface area contributed by atoms with Gasteiger partial charge in [0.05, 0.1) is 11.0 Å². The van der Waals surface area contributed by atoms with E-state index in [4.69, 9.17) is 0 Å². The number of benzene rings is 1. The Balaban J connectivity index is 2.13. The summed E-state index contributed by atoms with van der Waals surface area (Å²) in [6.45, 7) is 7.15. The van der Waals surface area contributed by atoms with Crippen LogP contribution in [0.25, 0.3) is 11.0 Å². The highest BCUT2D eigenvalue weighted by Crippen LogP contribution is 2.17. The van der Waals surface area contributed by atoms with E-state index in [0.717, 1.165) is 36.2 Å². The topological polar surface area (TPSA) is 38.0 Å². The van der Waals surface area contributed by atoms with Crippen LogP contribution in [-0.2, 0) is 13.2 Å². The standard InChI is InChI=1S/C18H24N2O/c1-14(2)7-6-8-15(3)11-12-20-17-10-5-4-9-16(17)19-18(20)13-21/h4-5,7,9-11,21H,6,8,12-13H2,1-3H3. The molecular formula is C18H24N2O. The van der Waals surface area contributed by atoms with Crippen molar-refractivity contribution in [1.82, 2.24) is 9.55 Å². The molecule has 0 aliphatic heterocycles. The van der Waals surface area contributed by atoms with Crippen LogP contribution in [0.4, 0.5) is 0 Å². The normalized spacial score (nSPS) is 11.9. The van der Waals surface area contributed by atoms with E-state index >= 15 is 0 Å². The zero-order chi connectivity index (χ0) is 15.2. The van der Waals surface area contributed by atoms with Crippen molar-refractivity contribution in [3.05, 3.63) is 53.4 Å². The summed E-state index contributed by atoms with van der Waals surface area (Å²) < 4.78 is 2.08. The van der Waals surface area contributed by atoms with Crippen LogP contribution < -0.4 is 0 Å². The lowest BCUT2D eigenvalue weighted by atomic mass is 10.1. The van der Waals surface area contributed by atoms with Gasteiger partial charge in [-0.2, -0.15) is 0 Å². The second kappa shape index (κ2) is 7.23. The maximum atomic E-state index is 9.48. The van der Waals surface area contributed by atoms with Crippen LogP contribution in [0.1, 0.15) is 39.4 Å². The van der Waals surface area contributed by atoms with Gasteiger partial charge in [0.25, 0.3) is 0 Å². The molecule has 21 heavy (non-hydrogen) atoms. The molecule has 1 aromatic heterocycles. The molecule has 3 nitrogen and oxygen atoms in total. The van der Waals surface area contributed by atoms with Crippen LogP contribution >= 0.6 is 0 Å². The lowest BCUT2D eigenvalue weighted by molar-refractivity contribution is 0.267. The van der Waals surface area contributed by atoms with Crippen LogP contribution in [0.15, 0.2) is 47.6 Å². The molecule has 1 aromatic carbocycles. The summed E-state index contributed by atoms with van der Waals surface area (Å²) in [4.78, 5) is 4.47. The van der Waals surface area contributed by atoms with Crippen LogP contribution in [0.3, 0.4) is 0 Å². The van der Waals surface area contributed by atoms with Gasteiger partial charge in [-0.05, 0) is 45.7 Å². The van der Waals surface area contributed by atoms with E-state index in [1.165, 1.54) is 11.1 Å². The van der Waals surface area contributed by atoms with Crippen molar-refractivity contribution in [3.8, 4) is 0 Å². The first kappa shape index (κ1) is 15.5. The summed E-state index contributed by atoms with van der Waals surface area (Å²) in [7, 11) is 0. The van der Waals surface area contributed by atoms with Crippen LogP contribution in [-0.4, -0.2) is 14.7 Å². The Bertz CT molecular complexity index is 661. The number of hydrogen-bond donors (Lipinski definition) is 1. The first-order chi connectivity index (χ1) is 10.1. The Kier molecular flexibility index (Phi) is 5.34. The van der Waals surface area contributed by atoms with E-state index in [0.29, 0.717) is 0 Å². The smallest absolute Gasteiger partial charge is 0.135 e. The molecule has 0 saturated heterocycles. The minimum Gasteiger partial charge on any atom is -0.388 e. The predicted octanol–water partition coefficient (Wildman–Crippen LogP) is 4.22. The first-order valence-corrected chi connectivity index (χ1v) is 7.46. The molecule has 2 rings (SSSR count). The van der Waals surface area contributed by atoms with Gasteiger partial charge in [-0.25, -0.2) is 4.98 Å². The number of aliphatic hydroxyl groups is 1. The molecular weight excluding hydrogens is 260 g/mol. The molecule has 0 bridgehead atoms. The summed E-state index contributed by atoms with van der Waals surface area (Å²) >= 11 is 0. The fourth-order valence-electron chi connectivity index (χ4n) is 2.39. The van der Waals surface area contributed by atoms with E-state index in [9.17, 15) is 5.11 Å². The third-order valence-electron chi connectivity index (χ3n) is 3.59. The number of rotatable bonds is 6. The highest BCUT2D eigenvalue weighted by atomic mass is 16.3. The number of para-hydroxylation sites is 2. The van der Waals surface area contributed by atoms with E-state index in [2.05, 4.69) is 42.5 Å². The molecule has 0 amide bonds. The van der Waals surface area contributed by atoms with Gasteiger partial charge in [-0.1, -0.05) is 35.4 Å². The summed E-state index contributed by atoms with van der Waals surface area (Å²) in [6.07, 6.45) is 6.66. The quantitative estimate of drug-likeness (QED) is 0.806. The van der Waals surface area contributed by atoms with Gasteiger partial charge in [-0.15, -0.1) is 0 Å². The van der Waals surface area contributed by atoms with Gasteiger partial charge in [0.2, 0.25) is 0 Å². The van der Waals surface area contributed by atoms with Crippen LogP contribution in [0.2, 0.25) is 0 Å². The maximum Gasteiger partial charge on any atom is 0.135 e. The second-order valence-electron chi connectivity index (χ2n) is 5.66. The van der Waals surface area contributed by atoms with Gasteiger partial charge in [0.1, 0.15) is 12.4 Å². The Morgan fingerprint density at radius 1 is 1.19 bits per heavy atom. The van der Waals surface area contributed by atoms with Crippen molar-refractivity contribution in [2.24, 2.45) is 0 Å². The number of nitrogens with zero attached hydrogens (tertiary/aromatic N) is 2. The second-order valence-corrected chi connectivity index (χ2v) is 5.66. The number of aliphatic hydroxyl groups excluding tert-OH is 1. The van der Waals surface area contributed by atoms with Crippen molar-refractivity contribution >= 4 is 11.0 Å². The molecule has 0 unspecified atom stereocenters. The van der Waals surface area contributed by atoms with Crippen LogP contribution in [0.5, 0.6) is 0 Å². The van der Waals surface area contributed by atoms with Gasteiger partial charge in [-0.3, -0.25) is 0 Å². The third kappa shape index (κ3) is 4.05.